The van der Waals surface area contributed by atoms with Crippen LogP contribution < -0.4 is 10.4 Å². The van der Waals surface area contributed by atoms with Gasteiger partial charge in [-0.05, 0) is 30.9 Å². The standard InChI is InChI=1S/C13H17N3O/c14-13-8-12(9-6-11(17)7-9)15-16(13)10-4-2-1-3-5-10/h1-5,9,11-12,14-15,17H,6-8H2. The van der Waals surface area contributed by atoms with Gasteiger partial charge in [-0.3, -0.25) is 10.4 Å². The number of aliphatic hydroxyl groups is 1. The largest absolute Gasteiger partial charge is 0.393 e. The van der Waals surface area contributed by atoms with Gasteiger partial charge in [0.2, 0.25) is 0 Å². The molecule has 1 aromatic carbocycles. The second-order valence-corrected chi connectivity index (χ2v) is 4.94. The maximum atomic E-state index is 9.33. The third kappa shape index (κ3) is 1.94. The van der Waals surface area contributed by atoms with Crippen LogP contribution in [0.4, 0.5) is 5.69 Å². The summed E-state index contributed by atoms with van der Waals surface area (Å²) in [5, 5.41) is 19.2. The van der Waals surface area contributed by atoms with Gasteiger partial charge in [0.25, 0.3) is 0 Å². The number of hydrogen-bond donors (Lipinski definition) is 3. The van der Waals surface area contributed by atoms with Crippen molar-refractivity contribution in [2.45, 2.75) is 31.4 Å². The van der Waals surface area contributed by atoms with E-state index in [-0.39, 0.29) is 6.10 Å². The molecule has 1 aromatic rings. The first-order valence-corrected chi connectivity index (χ1v) is 6.11. The maximum Gasteiger partial charge on any atom is 0.117 e. The molecule has 90 valence electrons. The van der Waals surface area contributed by atoms with E-state index < -0.39 is 0 Å². The van der Waals surface area contributed by atoms with Crippen LogP contribution in [0.2, 0.25) is 0 Å². The summed E-state index contributed by atoms with van der Waals surface area (Å²) in [5.41, 5.74) is 4.39. The summed E-state index contributed by atoms with van der Waals surface area (Å²) < 4.78 is 0. The number of nitrogens with zero attached hydrogens (tertiary/aromatic N) is 1. The van der Waals surface area contributed by atoms with Crippen molar-refractivity contribution < 1.29 is 5.11 Å². The molecule has 1 atom stereocenters. The molecule has 0 bridgehead atoms. The molecule has 1 unspecified atom stereocenters. The Kier molecular flexibility index (Phi) is 2.61. The average molecular weight is 231 g/mol. The summed E-state index contributed by atoms with van der Waals surface area (Å²) in [6.07, 6.45) is 2.37. The Hall–Kier alpha value is -1.39. The smallest absolute Gasteiger partial charge is 0.117 e. The van der Waals surface area contributed by atoms with Gasteiger partial charge in [0.05, 0.1) is 11.8 Å². The minimum absolute atomic E-state index is 0.123. The summed E-state index contributed by atoms with van der Waals surface area (Å²) in [7, 11) is 0. The first kappa shape index (κ1) is 10.7. The SMILES string of the molecule is N=C1CC(C2CC(O)C2)NN1c1ccccc1. The third-order valence-electron chi connectivity index (χ3n) is 3.71. The van der Waals surface area contributed by atoms with Crippen molar-refractivity contribution in [3.8, 4) is 0 Å². The molecule has 0 aromatic heterocycles. The molecule has 17 heavy (non-hydrogen) atoms. The number of amidine groups is 1. The van der Waals surface area contributed by atoms with Crippen LogP contribution in [-0.2, 0) is 0 Å². The average Bonchev–Trinajstić information content (AvgIpc) is 2.68. The Morgan fingerprint density at radius 1 is 1.24 bits per heavy atom. The number of nitrogens with one attached hydrogen (secondary N) is 2. The van der Waals surface area contributed by atoms with E-state index in [9.17, 15) is 5.11 Å². The zero-order chi connectivity index (χ0) is 11.8. The Morgan fingerprint density at radius 3 is 2.59 bits per heavy atom. The van der Waals surface area contributed by atoms with Crippen LogP contribution in [0.5, 0.6) is 0 Å². The Bertz CT molecular complexity index is 414. The van der Waals surface area contributed by atoms with Gasteiger partial charge in [-0.15, -0.1) is 0 Å². The molecule has 3 rings (SSSR count). The molecule has 1 aliphatic heterocycles. The summed E-state index contributed by atoms with van der Waals surface area (Å²) in [6, 6.07) is 10.2. The fourth-order valence-corrected chi connectivity index (χ4v) is 2.63. The second kappa shape index (κ2) is 4.13. The Labute approximate surface area is 101 Å². The lowest BCUT2D eigenvalue weighted by Crippen LogP contribution is -2.45. The minimum Gasteiger partial charge on any atom is -0.393 e. The highest BCUT2D eigenvalue weighted by atomic mass is 16.3. The summed E-state index contributed by atoms with van der Waals surface area (Å²) in [5.74, 6) is 1.13. The van der Waals surface area contributed by atoms with Crippen LogP contribution in [0.1, 0.15) is 19.3 Å². The molecule has 1 heterocycles. The van der Waals surface area contributed by atoms with Gasteiger partial charge in [0.1, 0.15) is 5.84 Å². The molecule has 1 aliphatic carbocycles. The van der Waals surface area contributed by atoms with Crippen molar-refractivity contribution in [1.82, 2.24) is 5.43 Å². The zero-order valence-electron chi connectivity index (χ0n) is 9.63. The Morgan fingerprint density at radius 2 is 1.94 bits per heavy atom. The van der Waals surface area contributed by atoms with E-state index in [1.165, 1.54) is 0 Å². The van der Waals surface area contributed by atoms with Gasteiger partial charge in [-0.25, -0.2) is 5.43 Å². The number of hydrogen-bond acceptors (Lipinski definition) is 3. The van der Waals surface area contributed by atoms with Crippen LogP contribution in [0, 0.1) is 11.3 Å². The minimum atomic E-state index is -0.123. The fraction of sp³-hybridized carbons (Fsp3) is 0.462. The lowest BCUT2D eigenvalue weighted by Gasteiger charge is -2.35. The van der Waals surface area contributed by atoms with Gasteiger partial charge >= 0.3 is 0 Å². The van der Waals surface area contributed by atoms with Crippen molar-refractivity contribution in [3.05, 3.63) is 30.3 Å². The molecule has 4 nitrogen and oxygen atoms in total. The number of benzene rings is 1. The normalized spacial score (nSPS) is 32.6. The van der Waals surface area contributed by atoms with E-state index >= 15 is 0 Å². The van der Waals surface area contributed by atoms with Crippen LogP contribution in [-0.4, -0.2) is 23.1 Å². The predicted molar refractivity (Wildman–Crippen MR) is 66.9 cm³/mol. The summed E-state index contributed by atoms with van der Waals surface area (Å²) >= 11 is 0. The highest BCUT2D eigenvalue weighted by Gasteiger charge is 2.39. The number of hydrazine groups is 1. The van der Waals surface area contributed by atoms with E-state index in [2.05, 4.69) is 5.43 Å². The molecule has 1 saturated heterocycles. The molecule has 4 heteroatoms. The van der Waals surface area contributed by atoms with E-state index in [4.69, 9.17) is 5.41 Å². The highest BCUT2D eigenvalue weighted by Crippen LogP contribution is 2.34. The number of aliphatic hydroxyl groups excluding tert-OH is 1. The van der Waals surface area contributed by atoms with Crippen LogP contribution >= 0.6 is 0 Å². The van der Waals surface area contributed by atoms with E-state index in [1.807, 2.05) is 35.3 Å². The second-order valence-electron chi connectivity index (χ2n) is 4.94. The lowest BCUT2D eigenvalue weighted by atomic mass is 9.77. The first-order chi connectivity index (χ1) is 8.24. The molecule has 0 spiro atoms. The highest BCUT2D eigenvalue weighted by molar-refractivity contribution is 5.97. The predicted octanol–water partition coefficient (Wildman–Crippen LogP) is 1.52. The van der Waals surface area contributed by atoms with Crippen LogP contribution in [0.15, 0.2) is 30.3 Å². The van der Waals surface area contributed by atoms with Crippen molar-refractivity contribution in [3.63, 3.8) is 0 Å². The molecular formula is C13H17N3O. The molecule has 1 saturated carbocycles. The van der Waals surface area contributed by atoms with Crippen molar-refractivity contribution in [2.24, 2.45) is 5.92 Å². The number of rotatable bonds is 2. The van der Waals surface area contributed by atoms with E-state index in [1.54, 1.807) is 0 Å². The van der Waals surface area contributed by atoms with Crippen molar-refractivity contribution >= 4 is 11.5 Å². The number of para-hydroxylation sites is 1. The van der Waals surface area contributed by atoms with E-state index in [0.29, 0.717) is 17.8 Å². The molecule has 2 aliphatic rings. The summed E-state index contributed by atoms with van der Waals surface area (Å²) in [6.45, 7) is 0. The molecule has 0 radical (unpaired) electrons. The third-order valence-corrected chi connectivity index (χ3v) is 3.71. The van der Waals surface area contributed by atoms with Crippen LogP contribution in [0.25, 0.3) is 0 Å². The first-order valence-electron chi connectivity index (χ1n) is 6.11. The number of anilines is 1. The molecule has 0 amide bonds. The lowest BCUT2D eigenvalue weighted by molar-refractivity contribution is 0.0281. The van der Waals surface area contributed by atoms with E-state index in [0.717, 1.165) is 24.9 Å². The van der Waals surface area contributed by atoms with Crippen LogP contribution in [0.3, 0.4) is 0 Å². The van der Waals surface area contributed by atoms with Gasteiger partial charge in [0, 0.05) is 12.5 Å². The molecular weight excluding hydrogens is 214 g/mol. The van der Waals surface area contributed by atoms with Crippen molar-refractivity contribution in [1.29, 1.82) is 5.41 Å². The maximum absolute atomic E-state index is 9.33. The topological polar surface area (TPSA) is 59.4 Å². The Balaban J connectivity index is 1.70. The van der Waals surface area contributed by atoms with Gasteiger partial charge < -0.3 is 5.11 Å². The summed E-state index contributed by atoms with van der Waals surface area (Å²) in [4.78, 5) is 0. The monoisotopic (exact) mass is 231 g/mol. The van der Waals surface area contributed by atoms with Crippen molar-refractivity contribution in [2.75, 3.05) is 5.01 Å². The quantitative estimate of drug-likeness (QED) is 0.723. The molecule has 3 N–H and O–H groups in total. The fourth-order valence-electron chi connectivity index (χ4n) is 2.63. The van der Waals surface area contributed by atoms with Gasteiger partial charge in [-0.2, -0.15) is 0 Å². The molecule has 2 fully saturated rings. The zero-order valence-corrected chi connectivity index (χ0v) is 9.63. The van der Waals surface area contributed by atoms with Gasteiger partial charge in [-0.1, -0.05) is 18.2 Å². The van der Waals surface area contributed by atoms with Gasteiger partial charge in [0.15, 0.2) is 0 Å².